The van der Waals surface area contributed by atoms with E-state index in [0.717, 1.165) is 17.9 Å². The van der Waals surface area contributed by atoms with Gasteiger partial charge in [-0.1, -0.05) is 19.1 Å². The minimum atomic E-state index is -0.137. The van der Waals surface area contributed by atoms with Gasteiger partial charge in [-0.2, -0.15) is 0 Å². The molecule has 2 unspecified atom stereocenters. The fourth-order valence-electron chi connectivity index (χ4n) is 2.16. The third kappa shape index (κ3) is 4.03. The molecule has 2 atom stereocenters. The van der Waals surface area contributed by atoms with E-state index in [2.05, 4.69) is 12.2 Å². The van der Waals surface area contributed by atoms with Crippen molar-refractivity contribution in [1.29, 1.82) is 0 Å². The van der Waals surface area contributed by atoms with Gasteiger partial charge >= 0.3 is 6.03 Å². The van der Waals surface area contributed by atoms with Crippen LogP contribution in [-0.4, -0.2) is 42.8 Å². The van der Waals surface area contributed by atoms with E-state index in [4.69, 9.17) is 9.47 Å². The Kier molecular flexibility index (Phi) is 5.31. The predicted molar refractivity (Wildman–Crippen MR) is 81.9 cm³/mol. The van der Waals surface area contributed by atoms with Gasteiger partial charge < -0.3 is 19.7 Å². The molecular formula is C16H24N2O3. The molecule has 0 radical (unpaired) electrons. The number of hydrogen-bond acceptors (Lipinski definition) is 3. The SMILES string of the molecule is CCC(C)NC(=O)N(CC)CC1COc2ccccc2O1. The monoisotopic (exact) mass is 292 g/mol. The first-order valence-corrected chi connectivity index (χ1v) is 7.58. The van der Waals surface area contributed by atoms with Crippen LogP contribution in [0.1, 0.15) is 27.2 Å². The summed E-state index contributed by atoms with van der Waals surface area (Å²) in [5.41, 5.74) is 0. The van der Waals surface area contributed by atoms with Gasteiger partial charge in [-0.05, 0) is 32.4 Å². The Morgan fingerprint density at radius 3 is 2.76 bits per heavy atom. The van der Waals surface area contributed by atoms with Crippen molar-refractivity contribution in [3.05, 3.63) is 24.3 Å². The normalized spacial score (nSPS) is 18.0. The first-order chi connectivity index (χ1) is 10.1. The molecule has 0 bridgehead atoms. The zero-order valence-corrected chi connectivity index (χ0v) is 13.0. The smallest absolute Gasteiger partial charge is 0.317 e. The van der Waals surface area contributed by atoms with E-state index in [0.29, 0.717) is 19.7 Å². The van der Waals surface area contributed by atoms with Crippen LogP contribution in [0.2, 0.25) is 0 Å². The number of fused-ring (bicyclic) bond motifs is 1. The number of nitrogens with one attached hydrogen (secondary N) is 1. The molecule has 116 valence electrons. The molecule has 2 rings (SSSR count). The van der Waals surface area contributed by atoms with E-state index in [1.165, 1.54) is 0 Å². The maximum absolute atomic E-state index is 12.2. The number of rotatable bonds is 5. The Hall–Kier alpha value is -1.91. The van der Waals surface area contributed by atoms with Crippen molar-refractivity contribution >= 4 is 6.03 Å². The van der Waals surface area contributed by atoms with Crippen LogP contribution in [0.5, 0.6) is 11.5 Å². The van der Waals surface area contributed by atoms with Crippen molar-refractivity contribution in [3.63, 3.8) is 0 Å². The van der Waals surface area contributed by atoms with Gasteiger partial charge in [0.05, 0.1) is 6.54 Å². The van der Waals surface area contributed by atoms with E-state index in [1.54, 1.807) is 4.90 Å². The fraction of sp³-hybridized carbons (Fsp3) is 0.562. The topological polar surface area (TPSA) is 50.8 Å². The number of amides is 2. The molecule has 2 amide bonds. The Morgan fingerprint density at radius 2 is 2.10 bits per heavy atom. The van der Waals surface area contributed by atoms with E-state index in [-0.39, 0.29) is 18.2 Å². The lowest BCUT2D eigenvalue weighted by atomic mass is 10.2. The summed E-state index contributed by atoms with van der Waals surface area (Å²) in [6.45, 7) is 7.65. The molecular weight excluding hydrogens is 268 g/mol. The van der Waals surface area contributed by atoms with E-state index < -0.39 is 0 Å². The highest BCUT2D eigenvalue weighted by atomic mass is 16.6. The number of hydrogen-bond donors (Lipinski definition) is 1. The summed E-state index contributed by atoms with van der Waals surface area (Å²) in [4.78, 5) is 13.9. The lowest BCUT2D eigenvalue weighted by Crippen LogP contribution is -2.49. The summed E-state index contributed by atoms with van der Waals surface area (Å²) >= 11 is 0. The molecule has 1 heterocycles. The lowest BCUT2D eigenvalue weighted by molar-refractivity contribution is 0.0672. The van der Waals surface area contributed by atoms with Crippen molar-refractivity contribution < 1.29 is 14.3 Å². The Balaban J connectivity index is 1.92. The zero-order valence-electron chi connectivity index (χ0n) is 13.0. The second-order valence-corrected chi connectivity index (χ2v) is 5.30. The molecule has 1 N–H and O–H groups in total. The maximum atomic E-state index is 12.2. The van der Waals surface area contributed by atoms with Crippen LogP contribution in [0, 0.1) is 0 Å². The summed E-state index contributed by atoms with van der Waals surface area (Å²) in [6, 6.07) is 7.73. The number of nitrogens with zero attached hydrogens (tertiary/aromatic N) is 1. The third-order valence-electron chi connectivity index (χ3n) is 3.64. The van der Waals surface area contributed by atoms with Gasteiger partial charge in [0.2, 0.25) is 0 Å². The van der Waals surface area contributed by atoms with Crippen molar-refractivity contribution in [1.82, 2.24) is 10.2 Å². The van der Waals surface area contributed by atoms with E-state index in [9.17, 15) is 4.79 Å². The number of carbonyl (C=O) groups excluding carboxylic acids is 1. The first kappa shape index (κ1) is 15.5. The fourth-order valence-corrected chi connectivity index (χ4v) is 2.16. The quantitative estimate of drug-likeness (QED) is 0.907. The lowest BCUT2D eigenvalue weighted by Gasteiger charge is -2.31. The van der Waals surface area contributed by atoms with Gasteiger partial charge in [-0.25, -0.2) is 4.79 Å². The molecule has 0 saturated carbocycles. The number of likely N-dealkylation sites (N-methyl/N-ethyl adjacent to an activating group) is 1. The highest BCUT2D eigenvalue weighted by Crippen LogP contribution is 2.30. The van der Waals surface area contributed by atoms with E-state index in [1.807, 2.05) is 38.1 Å². The molecule has 0 aliphatic carbocycles. The minimum Gasteiger partial charge on any atom is -0.486 e. The molecule has 1 aromatic rings. The number of carbonyl (C=O) groups is 1. The van der Waals surface area contributed by atoms with Crippen molar-refractivity contribution in [2.75, 3.05) is 19.7 Å². The minimum absolute atomic E-state index is 0.0469. The molecule has 21 heavy (non-hydrogen) atoms. The molecule has 1 aliphatic heterocycles. The Labute approximate surface area is 126 Å². The molecule has 0 saturated heterocycles. The second-order valence-electron chi connectivity index (χ2n) is 5.30. The molecule has 0 aromatic heterocycles. The average Bonchev–Trinajstić information content (AvgIpc) is 2.52. The predicted octanol–water partition coefficient (Wildman–Crippen LogP) is 2.66. The van der Waals surface area contributed by atoms with Crippen LogP contribution in [-0.2, 0) is 0 Å². The second kappa shape index (κ2) is 7.20. The zero-order chi connectivity index (χ0) is 15.2. The molecule has 5 heteroatoms. The number of urea groups is 1. The number of benzene rings is 1. The third-order valence-corrected chi connectivity index (χ3v) is 3.64. The Bertz CT molecular complexity index is 478. The summed E-state index contributed by atoms with van der Waals surface area (Å²) in [7, 11) is 0. The highest BCUT2D eigenvalue weighted by Gasteiger charge is 2.25. The van der Waals surface area contributed by atoms with Crippen LogP contribution in [0.4, 0.5) is 4.79 Å². The number of para-hydroxylation sites is 2. The van der Waals surface area contributed by atoms with E-state index >= 15 is 0 Å². The van der Waals surface area contributed by atoms with Gasteiger partial charge in [0.15, 0.2) is 17.6 Å². The van der Waals surface area contributed by atoms with Crippen LogP contribution < -0.4 is 14.8 Å². The summed E-state index contributed by atoms with van der Waals surface area (Å²) < 4.78 is 11.6. The molecule has 5 nitrogen and oxygen atoms in total. The maximum Gasteiger partial charge on any atom is 0.317 e. The van der Waals surface area contributed by atoms with Crippen molar-refractivity contribution in [2.24, 2.45) is 0 Å². The molecule has 0 fully saturated rings. The number of ether oxygens (including phenoxy) is 2. The standard InChI is InChI=1S/C16H24N2O3/c1-4-12(3)17-16(19)18(5-2)10-13-11-20-14-8-6-7-9-15(14)21-13/h6-9,12-13H,4-5,10-11H2,1-3H3,(H,17,19). The van der Waals surface area contributed by atoms with Crippen LogP contribution in [0.25, 0.3) is 0 Å². The Morgan fingerprint density at radius 1 is 1.38 bits per heavy atom. The largest absolute Gasteiger partial charge is 0.486 e. The van der Waals surface area contributed by atoms with Crippen molar-refractivity contribution in [3.8, 4) is 11.5 Å². The average molecular weight is 292 g/mol. The van der Waals surface area contributed by atoms with Gasteiger partial charge in [0.1, 0.15) is 6.61 Å². The van der Waals surface area contributed by atoms with Crippen LogP contribution in [0.15, 0.2) is 24.3 Å². The van der Waals surface area contributed by atoms with Crippen LogP contribution in [0.3, 0.4) is 0 Å². The van der Waals surface area contributed by atoms with Gasteiger partial charge in [-0.3, -0.25) is 0 Å². The van der Waals surface area contributed by atoms with Crippen molar-refractivity contribution in [2.45, 2.75) is 39.3 Å². The van der Waals surface area contributed by atoms with Crippen LogP contribution >= 0.6 is 0 Å². The summed E-state index contributed by atoms with van der Waals surface area (Å²) in [6.07, 6.45) is 0.780. The molecule has 1 aromatic carbocycles. The summed E-state index contributed by atoms with van der Waals surface area (Å²) in [5, 5.41) is 2.98. The first-order valence-electron chi connectivity index (χ1n) is 7.58. The summed E-state index contributed by atoms with van der Waals surface area (Å²) in [5.74, 6) is 1.51. The van der Waals surface area contributed by atoms with Gasteiger partial charge in [-0.15, -0.1) is 0 Å². The molecule has 0 spiro atoms. The van der Waals surface area contributed by atoms with Gasteiger partial charge in [0, 0.05) is 12.6 Å². The highest BCUT2D eigenvalue weighted by molar-refractivity contribution is 5.74. The molecule has 1 aliphatic rings. The van der Waals surface area contributed by atoms with Gasteiger partial charge in [0.25, 0.3) is 0 Å².